The highest BCUT2D eigenvalue weighted by Gasteiger charge is 2.11. The summed E-state index contributed by atoms with van der Waals surface area (Å²) in [6.45, 7) is 5.90. The Morgan fingerprint density at radius 1 is 0.963 bits per heavy atom. The SMILES string of the molecule is CCCCCC(=O)NCC(CCCC(N)CCCC)NCc1ccccc1. The third-order valence-electron chi connectivity index (χ3n) is 5.05. The lowest BCUT2D eigenvalue weighted by atomic mass is 10.0. The first-order valence-corrected chi connectivity index (χ1v) is 10.9. The quantitative estimate of drug-likeness (QED) is 0.372. The van der Waals surface area contributed by atoms with Gasteiger partial charge in [0.15, 0.2) is 0 Å². The number of nitrogens with two attached hydrogens (primary N) is 1. The smallest absolute Gasteiger partial charge is 0.220 e. The largest absolute Gasteiger partial charge is 0.355 e. The molecule has 0 heterocycles. The molecule has 27 heavy (non-hydrogen) atoms. The molecule has 2 unspecified atom stereocenters. The molecule has 0 aliphatic rings. The monoisotopic (exact) mass is 375 g/mol. The van der Waals surface area contributed by atoms with Crippen LogP contribution < -0.4 is 16.4 Å². The first-order chi connectivity index (χ1) is 13.2. The minimum Gasteiger partial charge on any atom is -0.355 e. The minimum atomic E-state index is 0.176. The first-order valence-electron chi connectivity index (χ1n) is 10.9. The molecule has 0 spiro atoms. The first kappa shape index (κ1) is 23.6. The second-order valence-corrected chi connectivity index (χ2v) is 7.66. The Morgan fingerprint density at radius 2 is 1.67 bits per heavy atom. The van der Waals surface area contributed by atoms with Crippen LogP contribution in [0.15, 0.2) is 30.3 Å². The summed E-state index contributed by atoms with van der Waals surface area (Å²) >= 11 is 0. The van der Waals surface area contributed by atoms with Gasteiger partial charge in [-0.05, 0) is 31.2 Å². The number of amides is 1. The molecule has 1 aromatic rings. The van der Waals surface area contributed by atoms with Gasteiger partial charge in [0.2, 0.25) is 5.91 Å². The summed E-state index contributed by atoms with van der Waals surface area (Å²) in [7, 11) is 0. The van der Waals surface area contributed by atoms with Crippen molar-refractivity contribution in [2.75, 3.05) is 6.54 Å². The van der Waals surface area contributed by atoms with Gasteiger partial charge < -0.3 is 16.4 Å². The van der Waals surface area contributed by atoms with Crippen LogP contribution in [0.1, 0.15) is 83.6 Å². The van der Waals surface area contributed by atoms with Crippen LogP contribution >= 0.6 is 0 Å². The zero-order valence-corrected chi connectivity index (χ0v) is 17.5. The lowest BCUT2D eigenvalue weighted by Gasteiger charge is -2.20. The van der Waals surface area contributed by atoms with Crippen molar-refractivity contribution in [1.82, 2.24) is 10.6 Å². The Labute approximate surface area is 166 Å². The van der Waals surface area contributed by atoms with Crippen molar-refractivity contribution in [3.05, 3.63) is 35.9 Å². The van der Waals surface area contributed by atoms with Gasteiger partial charge in [0, 0.05) is 31.6 Å². The fourth-order valence-corrected chi connectivity index (χ4v) is 3.23. The number of hydrogen-bond acceptors (Lipinski definition) is 3. The zero-order valence-electron chi connectivity index (χ0n) is 17.5. The predicted molar refractivity (Wildman–Crippen MR) is 116 cm³/mol. The molecule has 2 atom stereocenters. The molecule has 4 heteroatoms. The highest BCUT2D eigenvalue weighted by Crippen LogP contribution is 2.09. The van der Waals surface area contributed by atoms with Crippen molar-refractivity contribution in [1.29, 1.82) is 0 Å². The van der Waals surface area contributed by atoms with Gasteiger partial charge in [-0.15, -0.1) is 0 Å². The van der Waals surface area contributed by atoms with Crippen LogP contribution in [0, 0.1) is 0 Å². The van der Waals surface area contributed by atoms with E-state index in [1.165, 1.54) is 18.4 Å². The van der Waals surface area contributed by atoms with Gasteiger partial charge in [0.1, 0.15) is 0 Å². The molecule has 4 nitrogen and oxygen atoms in total. The lowest BCUT2D eigenvalue weighted by molar-refractivity contribution is -0.121. The standard InChI is InChI=1S/C23H41N3O/c1-3-5-8-17-23(27)26-19-22(16-11-15-21(24)14-6-4-2)25-18-20-12-9-7-10-13-20/h7,9-10,12-13,21-22,25H,3-6,8,11,14-19,24H2,1-2H3,(H,26,27). The van der Waals surface area contributed by atoms with Crippen molar-refractivity contribution >= 4 is 5.91 Å². The molecular formula is C23H41N3O. The van der Waals surface area contributed by atoms with Gasteiger partial charge in [-0.3, -0.25) is 4.79 Å². The molecule has 0 fully saturated rings. The zero-order chi connectivity index (χ0) is 19.7. The predicted octanol–water partition coefficient (Wildman–Crippen LogP) is 4.53. The highest BCUT2D eigenvalue weighted by atomic mass is 16.1. The maximum atomic E-state index is 12.0. The molecule has 1 amide bonds. The maximum absolute atomic E-state index is 12.0. The van der Waals surface area contributed by atoms with E-state index in [-0.39, 0.29) is 5.91 Å². The second kappa shape index (κ2) is 15.6. The van der Waals surface area contributed by atoms with E-state index in [1.54, 1.807) is 0 Å². The molecule has 0 saturated carbocycles. The van der Waals surface area contributed by atoms with Gasteiger partial charge in [-0.1, -0.05) is 76.3 Å². The fourth-order valence-electron chi connectivity index (χ4n) is 3.23. The summed E-state index contributed by atoms with van der Waals surface area (Å²) in [6.07, 6.45) is 10.6. The van der Waals surface area contributed by atoms with Crippen LogP contribution in [0.25, 0.3) is 0 Å². The number of carbonyl (C=O) groups is 1. The summed E-state index contributed by atoms with van der Waals surface area (Å²) < 4.78 is 0. The van der Waals surface area contributed by atoms with Crippen molar-refractivity contribution in [2.45, 2.75) is 96.7 Å². The van der Waals surface area contributed by atoms with E-state index in [0.717, 1.165) is 51.5 Å². The van der Waals surface area contributed by atoms with Gasteiger partial charge in [0.25, 0.3) is 0 Å². The van der Waals surface area contributed by atoms with Crippen LogP contribution in [0.5, 0.6) is 0 Å². The van der Waals surface area contributed by atoms with E-state index in [0.29, 0.717) is 25.0 Å². The molecule has 154 valence electrons. The van der Waals surface area contributed by atoms with Gasteiger partial charge >= 0.3 is 0 Å². The van der Waals surface area contributed by atoms with Crippen molar-refractivity contribution in [3.8, 4) is 0 Å². The van der Waals surface area contributed by atoms with E-state index in [4.69, 9.17) is 5.73 Å². The third-order valence-corrected chi connectivity index (χ3v) is 5.05. The maximum Gasteiger partial charge on any atom is 0.220 e. The number of rotatable bonds is 16. The van der Waals surface area contributed by atoms with Gasteiger partial charge in [-0.25, -0.2) is 0 Å². The molecule has 1 rings (SSSR count). The fraction of sp³-hybridized carbons (Fsp3) is 0.696. The Balaban J connectivity index is 2.39. The van der Waals surface area contributed by atoms with E-state index in [1.807, 2.05) is 6.07 Å². The van der Waals surface area contributed by atoms with Crippen LogP contribution in [0.3, 0.4) is 0 Å². The van der Waals surface area contributed by atoms with E-state index in [2.05, 4.69) is 48.7 Å². The normalized spacial score (nSPS) is 13.3. The van der Waals surface area contributed by atoms with Crippen molar-refractivity contribution < 1.29 is 4.79 Å². The topological polar surface area (TPSA) is 67.2 Å². The summed E-state index contributed by atoms with van der Waals surface area (Å²) in [5.74, 6) is 0.176. The summed E-state index contributed by atoms with van der Waals surface area (Å²) in [5, 5.41) is 6.74. The Hall–Kier alpha value is -1.39. The average molecular weight is 376 g/mol. The summed E-state index contributed by atoms with van der Waals surface area (Å²) in [5.41, 5.74) is 7.49. The van der Waals surface area contributed by atoms with Crippen molar-refractivity contribution in [3.63, 3.8) is 0 Å². The molecule has 0 aromatic heterocycles. The van der Waals surface area contributed by atoms with E-state index >= 15 is 0 Å². The molecule has 0 bridgehead atoms. The minimum absolute atomic E-state index is 0.176. The number of hydrogen-bond donors (Lipinski definition) is 3. The molecule has 0 radical (unpaired) electrons. The summed E-state index contributed by atoms with van der Waals surface area (Å²) in [6, 6.07) is 11.0. The van der Waals surface area contributed by atoms with Crippen LogP contribution in [-0.4, -0.2) is 24.5 Å². The Kier molecular flexibility index (Phi) is 13.7. The van der Waals surface area contributed by atoms with Gasteiger partial charge in [-0.2, -0.15) is 0 Å². The molecule has 0 aliphatic carbocycles. The molecule has 0 saturated heterocycles. The van der Waals surface area contributed by atoms with Gasteiger partial charge in [0.05, 0.1) is 0 Å². The third kappa shape index (κ3) is 12.6. The molecule has 1 aromatic carbocycles. The van der Waals surface area contributed by atoms with E-state index in [9.17, 15) is 4.79 Å². The van der Waals surface area contributed by atoms with Crippen molar-refractivity contribution in [2.24, 2.45) is 5.73 Å². The number of benzene rings is 1. The Morgan fingerprint density at radius 3 is 2.37 bits per heavy atom. The number of carbonyl (C=O) groups excluding carboxylic acids is 1. The number of unbranched alkanes of at least 4 members (excludes halogenated alkanes) is 3. The molecule has 0 aliphatic heterocycles. The molecule has 4 N–H and O–H groups in total. The second-order valence-electron chi connectivity index (χ2n) is 7.66. The highest BCUT2D eigenvalue weighted by molar-refractivity contribution is 5.75. The lowest BCUT2D eigenvalue weighted by Crippen LogP contribution is -2.40. The van der Waals surface area contributed by atoms with Crippen LogP contribution in [0.2, 0.25) is 0 Å². The van der Waals surface area contributed by atoms with E-state index < -0.39 is 0 Å². The summed E-state index contributed by atoms with van der Waals surface area (Å²) in [4.78, 5) is 12.0. The van der Waals surface area contributed by atoms with Crippen LogP contribution in [0.4, 0.5) is 0 Å². The molecular weight excluding hydrogens is 334 g/mol. The van der Waals surface area contributed by atoms with Crippen LogP contribution in [-0.2, 0) is 11.3 Å². The average Bonchev–Trinajstić information content (AvgIpc) is 2.69. The Bertz CT molecular complexity index is 478. The number of nitrogens with one attached hydrogen (secondary N) is 2.